The van der Waals surface area contributed by atoms with Crippen molar-refractivity contribution in [1.29, 1.82) is 0 Å². The zero-order chi connectivity index (χ0) is 27.3. The van der Waals surface area contributed by atoms with Gasteiger partial charge in [0.05, 0.1) is 38.1 Å². The van der Waals surface area contributed by atoms with Gasteiger partial charge in [0.2, 0.25) is 10.0 Å². The second-order valence-corrected chi connectivity index (χ2v) is 11.7. The van der Waals surface area contributed by atoms with Crippen LogP contribution in [-0.4, -0.2) is 77.2 Å². The summed E-state index contributed by atoms with van der Waals surface area (Å²) < 4.78 is 48.4. The average molecular weight is 567 g/mol. The number of carbonyl (C=O) groups is 3. The second kappa shape index (κ2) is 12.2. The zero-order valence-corrected chi connectivity index (χ0v) is 22.9. The Morgan fingerprint density at radius 3 is 2.53 bits per heavy atom. The molecule has 1 aliphatic carbocycles. The maximum absolute atomic E-state index is 13.2. The first-order valence-electron chi connectivity index (χ1n) is 12.3. The van der Waals surface area contributed by atoms with Gasteiger partial charge in [0.1, 0.15) is 15.6 Å². The Kier molecular flexibility index (Phi) is 9.03. The Morgan fingerprint density at radius 2 is 1.82 bits per heavy atom. The molecule has 2 aromatic rings. The molecule has 1 saturated heterocycles. The largest absolute Gasteiger partial charge is 0.495 e. The van der Waals surface area contributed by atoms with E-state index in [0.717, 1.165) is 36.1 Å². The molecule has 1 amide bonds. The van der Waals surface area contributed by atoms with E-state index in [-0.39, 0.29) is 49.1 Å². The number of morpholine rings is 1. The summed E-state index contributed by atoms with van der Waals surface area (Å²) in [5, 5.41) is 3.05. The molecule has 2 aliphatic rings. The summed E-state index contributed by atoms with van der Waals surface area (Å²) in [7, 11) is -2.62. The Labute approximate surface area is 225 Å². The molecule has 13 heteroatoms. The Balaban J connectivity index is 1.46. The van der Waals surface area contributed by atoms with Crippen LogP contribution in [0.3, 0.4) is 0 Å². The summed E-state index contributed by atoms with van der Waals surface area (Å²) >= 11 is 1.33. The van der Waals surface area contributed by atoms with Gasteiger partial charge in [-0.3, -0.25) is 4.79 Å². The van der Waals surface area contributed by atoms with E-state index in [0.29, 0.717) is 10.6 Å². The molecule has 1 aromatic heterocycles. The summed E-state index contributed by atoms with van der Waals surface area (Å²) in [6, 6.07) is 3.91. The van der Waals surface area contributed by atoms with Crippen LogP contribution in [0.4, 0.5) is 5.00 Å². The number of sulfonamides is 1. The van der Waals surface area contributed by atoms with Crippen molar-refractivity contribution in [2.24, 2.45) is 0 Å². The number of ether oxygens (including phenoxy) is 4. The fourth-order valence-corrected chi connectivity index (χ4v) is 7.26. The van der Waals surface area contributed by atoms with Crippen molar-refractivity contribution in [3.8, 4) is 5.75 Å². The van der Waals surface area contributed by atoms with E-state index in [4.69, 9.17) is 18.9 Å². The van der Waals surface area contributed by atoms with Gasteiger partial charge in [0, 0.05) is 18.0 Å². The molecule has 0 bridgehead atoms. The molecular formula is C25H30N2O9S2. The van der Waals surface area contributed by atoms with Crippen LogP contribution in [-0.2, 0) is 41.9 Å². The minimum Gasteiger partial charge on any atom is -0.495 e. The lowest BCUT2D eigenvalue weighted by atomic mass is 9.95. The van der Waals surface area contributed by atoms with Crippen LogP contribution in [0.15, 0.2) is 23.1 Å². The van der Waals surface area contributed by atoms with Crippen molar-refractivity contribution < 1.29 is 41.7 Å². The SMILES string of the molecule is CCOC(=O)c1c(NC(=O)COC(=O)c2ccc(OC)c(S(=O)(=O)N3CCOCC3)c2)sc2c1CCCC2. The van der Waals surface area contributed by atoms with Gasteiger partial charge < -0.3 is 24.3 Å². The first-order valence-corrected chi connectivity index (χ1v) is 14.6. The van der Waals surface area contributed by atoms with Gasteiger partial charge in [-0.15, -0.1) is 11.3 Å². The molecule has 1 aromatic carbocycles. The number of hydrogen-bond acceptors (Lipinski definition) is 10. The Bertz CT molecular complexity index is 1310. The molecular weight excluding hydrogens is 536 g/mol. The van der Waals surface area contributed by atoms with Crippen LogP contribution in [0.2, 0.25) is 0 Å². The molecule has 0 unspecified atom stereocenters. The number of carbonyl (C=O) groups excluding carboxylic acids is 3. The second-order valence-electron chi connectivity index (χ2n) is 8.64. The van der Waals surface area contributed by atoms with Crippen molar-refractivity contribution in [2.45, 2.75) is 37.5 Å². The lowest BCUT2D eigenvalue weighted by Crippen LogP contribution is -2.40. The van der Waals surface area contributed by atoms with Gasteiger partial charge >= 0.3 is 11.9 Å². The maximum Gasteiger partial charge on any atom is 0.341 e. The predicted octanol–water partition coefficient (Wildman–Crippen LogP) is 2.63. The average Bonchev–Trinajstić information content (AvgIpc) is 3.29. The van der Waals surface area contributed by atoms with Gasteiger partial charge in [-0.05, 0) is 56.4 Å². The van der Waals surface area contributed by atoms with Crippen LogP contribution in [0.25, 0.3) is 0 Å². The molecule has 0 spiro atoms. The normalized spacial score (nSPS) is 15.8. The van der Waals surface area contributed by atoms with Crippen LogP contribution in [0.1, 0.15) is 50.9 Å². The third-order valence-electron chi connectivity index (χ3n) is 6.23. The molecule has 1 fully saturated rings. The number of rotatable bonds is 9. The van der Waals surface area contributed by atoms with E-state index in [1.165, 1.54) is 41.0 Å². The monoisotopic (exact) mass is 566 g/mol. The summed E-state index contributed by atoms with van der Waals surface area (Å²) in [5.74, 6) is -1.92. The number of nitrogens with one attached hydrogen (secondary N) is 1. The predicted molar refractivity (Wildman–Crippen MR) is 138 cm³/mol. The highest BCUT2D eigenvalue weighted by Crippen LogP contribution is 2.38. The molecule has 38 heavy (non-hydrogen) atoms. The maximum atomic E-state index is 13.2. The van der Waals surface area contributed by atoms with Gasteiger partial charge in [-0.1, -0.05) is 0 Å². The summed E-state index contributed by atoms with van der Waals surface area (Å²) in [6.45, 7) is 2.19. The van der Waals surface area contributed by atoms with Crippen LogP contribution >= 0.6 is 11.3 Å². The number of hydrogen-bond donors (Lipinski definition) is 1. The Hall–Kier alpha value is -3.00. The highest BCUT2D eigenvalue weighted by atomic mass is 32.2. The number of fused-ring (bicyclic) bond motifs is 1. The van der Waals surface area contributed by atoms with Gasteiger partial charge in [0.15, 0.2) is 6.61 Å². The molecule has 4 rings (SSSR count). The van der Waals surface area contributed by atoms with E-state index < -0.39 is 34.5 Å². The number of amides is 1. The smallest absolute Gasteiger partial charge is 0.341 e. The minimum absolute atomic E-state index is 0.0516. The quantitative estimate of drug-likeness (QED) is 0.454. The third kappa shape index (κ3) is 6.01. The van der Waals surface area contributed by atoms with Crippen molar-refractivity contribution >= 4 is 44.2 Å². The zero-order valence-electron chi connectivity index (χ0n) is 21.2. The molecule has 1 aliphatic heterocycles. The number of methoxy groups -OCH3 is 1. The van der Waals surface area contributed by atoms with Crippen molar-refractivity contribution in [2.75, 3.05) is 51.9 Å². The van der Waals surface area contributed by atoms with Gasteiger partial charge in [-0.25, -0.2) is 18.0 Å². The molecule has 11 nitrogen and oxygen atoms in total. The highest BCUT2D eigenvalue weighted by Gasteiger charge is 2.31. The number of aryl methyl sites for hydroxylation is 1. The summed E-state index contributed by atoms with van der Waals surface area (Å²) in [4.78, 5) is 38.8. The standard InChI is InChI=1S/C25H30N2O9S2/c1-3-35-25(30)22-17-6-4-5-7-19(17)37-23(22)26-21(28)15-36-24(29)16-8-9-18(33-2)20(14-16)38(31,32)27-10-12-34-13-11-27/h8-9,14H,3-7,10-13,15H2,1-2H3,(H,26,28). The molecule has 2 heterocycles. The molecule has 1 N–H and O–H groups in total. The molecule has 0 saturated carbocycles. The first kappa shape index (κ1) is 28.0. The number of benzene rings is 1. The van der Waals surface area contributed by atoms with Crippen molar-refractivity contribution in [3.05, 3.63) is 39.8 Å². The number of thiophene rings is 1. The Morgan fingerprint density at radius 1 is 1.08 bits per heavy atom. The fourth-order valence-electron chi connectivity index (χ4n) is 4.38. The van der Waals surface area contributed by atoms with Gasteiger partial charge in [-0.2, -0.15) is 4.31 Å². The lowest BCUT2D eigenvalue weighted by molar-refractivity contribution is -0.119. The number of nitrogens with zero attached hydrogens (tertiary/aromatic N) is 1. The third-order valence-corrected chi connectivity index (χ3v) is 9.35. The lowest BCUT2D eigenvalue weighted by Gasteiger charge is -2.26. The topological polar surface area (TPSA) is 138 Å². The summed E-state index contributed by atoms with van der Waals surface area (Å²) in [5.41, 5.74) is 1.21. The van der Waals surface area contributed by atoms with Crippen LogP contribution < -0.4 is 10.1 Å². The van der Waals surface area contributed by atoms with E-state index in [9.17, 15) is 22.8 Å². The molecule has 206 valence electrons. The van der Waals surface area contributed by atoms with Crippen molar-refractivity contribution in [1.82, 2.24) is 4.31 Å². The van der Waals surface area contributed by atoms with E-state index in [1.54, 1.807) is 6.92 Å². The molecule has 0 radical (unpaired) electrons. The van der Waals surface area contributed by atoms with E-state index in [2.05, 4.69) is 5.32 Å². The highest BCUT2D eigenvalue weighted by molar-refractivity contribution is 7.89. The van der Waals surface area contributed by atoms with Crippen molar-refractivity contribution in [3.63, 3.8) is 0 Å². The minimum atomic E-state index is -3.95. The summed E-state index contributed by atoms with van der Waals surface area (Å²) in [6.07, 6.45) is 3.51. The number of esters is 2. The molecule has 0 atom stereocenters. The fraction of sp³-hybridized carbons (Fsp3) is 0.480. The van der Waals surface area contributed by atoms with Crippen LogP contribution in [0.5, 0.6) is 5.75 Å². The van der Waals surface area contributed by atoms with Gasteiger partial charge in [0.25, 0.3) is 5.91 Å². The van der Waals surface area contributed by atoms with Crippen LogP contribution in [0, 0.1) is 0 Å². The number of anilines is 1. The first-order chi connectivity index (χ1) is 18.3. The van der Waals surface area contributed by atoms with E-state index in [1.807, 2.05) is 0 Å². The van der Waals surface area contributed by atoms with E-state index >= 15 is 0 Å².